The number of nitrogens with one attached hydrogen (secondary N) is 2. The molecule has 2 aliphatic rings. The lowest BCUT2D eigenvalue weighted by molar-refractivity contribution is -0.120. The number of fused-ring (bicyclic) bond motifs is 2. The highest BCUT2D eigenvalue weighted by molar-refractivity contribution is 5.96. The zero-order valence-electron chi connectivity index (χ0n) is 20.3. The van der Waals surface area contributed by atoms with Gasteiger partial charge in [-0.15, -0.1) is 0 Å². The normalized spacial score (nSPS) is 21.7. The summed E-state index contributed by atoms with van der Waals surface area (Å²) in [6.07, 6.45) is 4.51. The van der Waals surface area contributed by atoms with Gasteiger partial charge >= 0.3 is 0 Å². The van der Waals surface area contributed by atoms with E-state index in [1.807, 2.05) is 0 Å². The monoisotopic (exact) mass is 485 g/mol. The molecule has 2 N–H and O–H groups in total. The second kappa shape index (κ2) is 10.9. The van der Waals surface area contributed by atoms with Crippen molar-refractivity contribution in [2.75, 3.05) is 33.2 Å². The summed E-state index contributed by atoms with van der Waals surface area (Å²) in [6.45, 7) is 0.206. The number of amides is 2. The Bertz CT molecular complexity index is 1040. The molecule has 0 aromatic heterocycles. The van der Waals surface area contributed by atoms with Crippen LogP contribution < -0.4 is 24.8 Å². The zero-order chi connectivity index (χ0) is 24.9. The number of hydrogen-bond donors (Lipinski definition) is 2. The summed E-state index contributed by atoms with van der Waals surface area (Å²) in [5, 5.41) is 5.84. The second-order valence-corrected chi connectivity index (χ2v) is 8.99. The van der Waals surface area contributed by atoms with E-state index in [9.17, 15) is 14.0 Å². The quantitative estimate of drug-likeness (QED) is 0.594. The third kappa shape index (κ3) is 5.51. The van der Waals surface area contributed by atoms with Crippen LogP contribution in [0.1, 0.15) is 42.5 Å². The van der Waals surface area contributed by atoms with Gasteiger partial charge in [-0.05, 0) is 49.9 Å². The van der Waals surface area contributed by atoms with Gasteiger partial charge in [0.2, 0.25) is 11.7 Å². The Balaban J connectivity index is 1.41. The van der Waals surface area contributed by atoms with E-state index in [0.717, 1.165) is 32.1 Å². The standard InChI is InChI=1S/C26H32FN3O5/c1-33-22-11-16(12-23(34-2)25(22)35-3)26(32)28-17-13-18-7-6-8-19(14-17)30(18)15-24(31)29-21-10-5-4-9-20(21)27/h4-5,9-12,17-19H,6-8,13-15H2,1-3H3,(H,28,32)(H,29,31). The van der Waals surface area contributed by atoms with Crippen molar-refractivity contribution in [2.45, 2.75) is 50.2 Å². The molecule has 0 radical (unpaired) electrons. The maximum atomic E-state index is 13.9. The summed E-state index contributed by atoms with van der Waals surface area (Å²) in [5.74, 6) is 0.386. The predicted molar refractivity (Wildman–Crippen MR) is 130 cm³/mol. The molecule has 2 heterocycles. The summed E-state index contributed by atoms with van der Waals surface area (Å²) >= 11 is 0. The minimum Gasteiger partial charge on any atom is -0.493 e. The van der Waals surface area contributed by atoms with E-state index in [4.69, 9.17) is 14.2 Å². The van der Waals surface area contributed by atoms with Gasteiger partial charge in [-0.2, -0.15) is 0 Å². The molecule has 0 saturated carbocycles. The van der Waals surface area contributed by atoms with Gasteiger partial charge in [0.15, 0.2) is 11.5 Å². The molecule has 8 nitrogen and oxygen atoms in total. The molecular weight excluding hydrogens is 453 g/mol. The van der Waals surface area contributed by atoms with E-state index >= 15 is 0 Å². The van der Waals surface area contributed by atoms with Gasteiger partial charge in [0.25, 0.3) is 5.91 Å². The van der Waals surface area contributed by atoms with Crippen LogP contribution in [-0.4, -0.2) is 62.7 Å². The van der Waals surface area contributed by atoms with Crippen molar-refractivity contribution in [3.63, 3.8) is 0 Å². The smallest absolute Gasteiger partial charge is 0.251 e. The Morgan fingerprint density at radius 2 is 1.63 bits per heavy atom. The molecule has 2 aliphatic heterocycles. The molecule has 2 aromatic rings. The van der Waals surface area contributed by atoms with Crippen LogP contribution in [0, 0.1) is 5.82 Å². The van der Waals surface area contributed by atoms with Crippen molar-refractivity contribution < 1.29 is 28.2 Å². The maximum Gasteiger partial charge on any atom is 0.251 e. The molecule has 35 heavy (non-hydrogen) atoms. The first-order valence-corrected chi connectivity index (χ1v) is 11.8. The highest BCUT2D eigenvalue weighted by Gasteiger charge is 2.39. The highest BCUT2D eigenvalue weighted by atomic mass is 19.1. The fourth-order valence-electron chi connectivity index (χ4n) is 5.25. The summed E-state index contributed by atoms with van der Waals surface area (Å²) in [4.78, 5) is 28.0. The van der Waals surface area contributed by atoms with Crippen LogP contribution >= 0.6 is 0 Å². The summed E-state index contributed by atoms with van der Waals surface area (Å²) in [5.41, 5.74) is 0.617. The number of anilines is 1. The van der Waals surface area contributed by atoms with Gasteiger partial charge in [0.05, 0.1) is 33.6 Å². The van der Waals surface area contributed by atoms with Gasteiger partial charge in [0, 0.05) is 23.7 Å². The molecule has 0 spiro atoms. The first-order chi connectivity index (χ1) is 16.9. The molecule has 2 saturated heterocycles. The third-order valence-corrected chi connectivity index (χ3v) is 6.86. The van der Waals surface area contributed by atoms with Crippen LogP contribution in [0.4, 0.5) is 10.1 Å². The SMILES string of the molecule is COc1cc(C(=O)NC2CC3CCCC(C2)N3CC(=O)Nc2ccccc2F)cc(OC)c1OC. The number of ether oxygens (including phenoxy) is 3. The van der Waals surface area contributed by atoms with Crippen molar-refractivity contribution in [3.05, 3.63) is 47.8 Å². The Kier molecular flexibility index (Phi) is 7.75. The summed E-state index contributed by atoms with van der Waals surface area (Å²) in [7, 11) is 4.54. The van der Waals surface area contributed by atoms with Crippen LogP contribution in [0.25, 0.3) is 0 Å². The number of rotatable bonds is 8. The number of carbonyl (C=O) groups is 2. The topological polar surface area (TPSA) is 89.1 Å². The molecule has 2 fully saturated rings. The lowest BCUT2D eigenvalue weighted by atomic mass is 9.81. The van der Waals surface area contributed by atoms with Crippen LogP contribution in [0.15, 0.2) is 36.4 Å². The molecule has 188 valence electrons. The Hall–Kier alpha value is -3.33. The van der Waals surface area contributed by atoms with Crippen molar-refractivity contribution >= 4 is 17.5 Å². The van der Waals surface area contributed by atoms with Gasteiger partial charge < -0.3 is 24.8 Å². The van der Waals surface area contributed by atoms with Crippen molar-refractivity contribution in [3.8, 4) is 17.2 Å². The van der Waals surface area contributed by atoms with Crippen molar-refractivity contribution in [2.24, 2.45) is 0 Å². The molecular formula is C26H32FN3O5. The van der Waals surface area contributed by atoms with E-state index in [2.05, 4.69) is 15.5 Å². The number of piperidine rings is 2. The van der Waals surface area contributed by atoms with E-state index in [0.29, 0.717) is 22.8 Å². The molecule has 2 aromatic carbocycles. The lowest BCUT2D eigenvalue weighted by Gasteiger charge is -2.48. The predicted octanol–water partition coefficient (Wildman–Crippen LogP) is 3.61. The van der Waals surface area contributed by atoms with E-state index < -0.39 is 5.82 Å². The average molecular weight is 486 g/mol. The van der Waals surface area contributed by atoms with Crippen LogP contribution in [-0.2, 0) is 4.79 Å². The number of hydrogen-bond acceptors (Lipinski definition) is 6. The molecule has 2 unspecified atom stereocenters. The lowest BCUT2D eigenvalue weighted by Crippen LogP contribution is -2.58. The number of para-hydroxylation sites is 1. The highest BCUT2D eigenvalue weighted by Crippen LogP contribution is 2.38. The van der Waals surface area contributed by atoms with Gasteiger partial charge in [-0.25, -0.2) is 4.39 Å². The van der Waals surface area contributed by atoms with E-state index in [1.54, 1.807) is 30.3 Å². The van der Waals surface area contributed by atoms with Gasteiger partial charge in [-0.3, -0.25) is 14.5 Å². The molecule has 2 atom stereocenters. The van der Waals surface area contributed by atoms with Crippen molar-refractivity contribution in [1.82, 2.24) is 10.2 Å². The molecule has 0 aliphatic carbocycles. The fraction of sp³-hybridized carbons (Fsp3) is 0.462. The van der Waals surface area contributed by atoms with E-state index in [1.165, 1.54) is 27.4 Å². The summed E-state index contributed by atoms with van der Waals surface area (Å²) in [6, 6.07) is 9.79. The minimum absolute atomic E-state index is 0.0113. The zero-order valence-corrected chi connectivity index (χ0v) is 20.3. The molecule has 2 bridgehead atoms. The Morgan fingerprint density at radius 1 is 1.00 bits per heavy atom. The molecule has 4 rings (SSSR count). The first-order valence-electron chi connectivity index (χ1n) is 11.8. The average Bonchev–Trinajstić information content (AvgIpc) is 2.84. The van der Waals surface area contributed by atoms with Crippen LogP contribution in [0.2, 0.25) is 0 Å². The second-order valence-electron chi connectivity index (χ2n) is 8.99. The third-order valence-electron chi connectivity index (χ3n) is 6.86. The molecule has 2 amide bonds. The van der Waals surface area contributed by atoms with Crippen LogP contribution in [0.5, 0.6) is 17.2 Å². The van der Waals surface area contributed by atoms with Crippen LogP contribution in [0.3, 0.4) is 0 Å². The number of nitrogens with zero attached hydrogens (tertiary/aromatic N) is 1. The largest absolute Gasteiger partial charge is 0.493 e. The van der Waals surface area contributed by atoms with Crippen molar-refractivity contribution in [1.29, 1.82) is 0 Å². The Morgan fingerprint density at radius 3 is 2.20 bits per heavy atom. The van der Waals surface area contributed by atoms with Gasteiger partial charge in [0.1, 0.15) is 5.82 Å². The summed E-state index contributed by atoms with van der Waals surface area (Å²) < 4.78 is 30.0. The minimum atomic E-state index is -0.450. The maximum absolute atomic E-state index is 13.9. The fourth-order valence-corrected chi connectivity index (χ4v) is 5.25. The molecule has 9 heteroatoms. The number of methoxy groups -OCH3 is 3. The van der Waals surface area contributed by atoms with E-state index in [-0.39, 0.29) is 42.2 Å². The number of carbonyl (C=O) groups excluding carboxylic acids is 2. The number of benzene rings is 2. The number of halogens is 1. The van der Waals surface area contributed by atoms with Gasteiger partial charge in [-0.1, -0.05) is 18.6 Å². The Labute approximate surface area is 204 Å². The first kappa shape index (κ1) is 24.8.